The van der Waals surface area contributed by atoms with Crippen molar-refractivity contribution < 1.29 is 40.1 Å². The summed E-state index contributed by atoms with van der Waals surface area (Å²) < 4.78 is 10.3. The number of nitrogens with zero attached hydrogens (tertiary/aromatic N) is 1. The third kappa shape index (κ3) is 1.28. The molecule has 5 aliphatic rings. The third-order valence-electron chi connectivity index (χ3n) is 5.22. The van der Waals surface area contributed by atoms with Gasteiger partial charge in [-0.05, 0) is 0 Å². The first kappa shape index (κ1) is 14.5. The SMILES string of the molecule is NC1=N[C@@H](O)[C@@H]2[C@@H]3O[C@]4(O)O[C@@H]([C@@H](O)[C@@]2(N1)[C@H]4O)[C@@]3(O)CO. The van der Waals surface area contributed by atoms with Gasteiger partial charge in [-0.3, -0.25) is 0 Å². The molecule has 5 rings (SSSR count). The van der Waals surface area contributed by atoms with Gasteiger partial charge in [0.2, 0.25) is 0 Å². The van der Waals surface area contributed by atoms with E-state index in [1.54, 1.807) is 0 Å². The van der Waals surface area contributed by atoms with Crippen LogP contribution >= 0.6 is 0 Å². The van der Waals surface area contributed by atoms with Crippen LogP contribution < -0.4 is 11.1 Å². The normalized spacial score (nSPS) is 62.4. The summed E-state index contributed by atoms with van der Waals surface area (Å²) in [5, 5.41) is 64.3. The molecule has 9 N–H and O–H groups in total. The fraction of sp³-hybridized carbons (Fsp3) is 0.909. The number of hydrogen-bond acceptors (Lipinski definition) is 11. The molecule has 4 aliphatic heterocycles. The Morgan fingerprint density at radius 3 is 2.45 bits per heavy atom. The Balaban J connectivity index is 1.95. The summed E-state index contributed by atoms with van der Waals surface area (Å²) in [6, 6.07) is 0. The first-order valence-electron chi connectivity index (χ1n) is 6.77. The summed E-state index contributed by atoms with van der Waals surface area (Å²) in [4.78, 5) is 3.70. The zero-order chi connectivity index (χ0) is 16.1. The zero-order valence-corrected chi connectivity index (χ0v) is 11.2. The first-order valence-corrected chi connectivity index (χ1v) is 6.77. The molecule has 0 aromatic heterocycles. The summed E-state index contributed by atoms with van der Waals surface area (Å²) in [6.07, 6.45) is -7.77. The Morgan fingerprint density at radius 1 is 1.18 bits per heavy atom. The molecule has 0 amide bonds. The summed E-state index contributed by atoms with van der Waals surface area (Å²) in [5.74, 6) is -3.95. The van der Waals surface area contributed by atoms with E-state index in [0.29, 0.717) is 0 Å². The van der Waals surface area contributed by atoms with Gasteiger partial charge in [0.25, 0.3) is 0 Å². The number of aliphatic imine (C=N–C) groups is 1. The van der Waals surface area contributed by atoms with E-state index in [1.807, 2.05) is 0 Å². The quantitative estimate of drug-likeness (QED) is 0.231. The standard InChI is InChI=1S/C11H17N3O8/c12-8-13-6(17)2-4-9(19,1-15)5-3(16)10(2,14-8)7(18)11(20,21-4)22-5/h2-7,15-20H,1H2,(H3,12,13,14)/t2-,3+,4-,5-,6-,7+,9+,10+,11-/m0/s1. The molecule has 0 aromatic carbocycles. The molecule has 11 heteroatoms. The molecule has 124 valence electrons. The van der Waals surface area contributed by atoms with E-state index in [0.717, 1.165) is 0 Å². The fourth-order valence-corrected chi connectivity index (χ4v) is 4.24. The van der Waals surface area contributed by atoms with Gasteiger partial charge in [-0.1, -0.05) is 0 Å². The van der Waals surface area contributed by atoms with Crippen LogP contribution in [-0.4, -0.2) is 91.0 Å². The average Bonchev–Trinajstić information content (AvgIpc) is 2.45. The number of nitrogens with one attached hydrogen (secondary N) is 1. The van der Waals surface area contributed by atoms with Crippen molar-refractivity contribution in [2.24, 2.45) is 16.6 Å². The molecule has 0 unspecified atom stereocenters. The number of nitrogens with two attached hydrogens (primary N) is 1. The van der Waals surface area contributed by atoms with Gasteiger partial charge >= 0.3 is 5.97 Å². The molecule has 3 saturated heterocycles. The highest BCUT2D eigenvalue weighted by atomic mass is 16.9. The van der Waals surface area contributed by atoms with Crippen LogP contribution in [-0.2, 0) is 9.47 Å². The number of guanidine groups is 1. The van der Waals surface area contributed by atoms with Gasteiger partial charge in [0.05, 0.1) is 12.5 Å². The molecule has 1 saturated carbocycles. The maximum atomic E-state index is 10.6. The number of hydrogen-bond donors (Lipinski definition) is 8. The number of ether oxygens (including phenoxy) is 2. The van der Waals surface area contributed by atoms with E-state index in [2.05, 4.69) is 10.3 Å². The smallest absolute Gasteiger partial charge is 0.311 e. The molecular formula is C11H17N3O8. The molecule has 9 atom stereocenters. The highest BCUT2D eigenvalue weighted by Crippen LogP contribution is 2.58. The van der Waals surface area contributed by atoms with E-state index in [-0.39, 0.29) is 5.96 Å². The van der Waals surface area contributed by atoms with Crippen molar-refractivity contribution in [3.05, 3.63) is 0 Å². The maximum absolute atomic E-state index is 10.6. The van der Waals surface area contributed by atoms with Crippen LogP contribution in [0.4, 0.5) is 0 Å². The van der Waals surface area contributed by atoms with Crippen molar-refractivity contribution in [3.8, 4) is 0 Å². The minimum atomic E-state index is -2.52. The Hall–Kier alpha value is -1.05. The lowest BCUT2D eigenvalue weighted by Gasteiger charge is -2.71. The minimum Gasteiger partial charge on any atom is -0.393 e. The Labute approximate surface area is 123 Å². The van der Waals surface area contributed by atoms with Crippen LogP contribution in [0.5, 0.6) is 0 Å². The molecule has 4 heterocycles. The number of aliphatic hydroxyl groups excluding tert-OH is 4. The van der Waals surface area contributed by atoms with Crippen LogP contribution in [0.3, 0.4) is 0 Å². The van der Waals surface area contributed by atoms with Crippen molar-refractivity contribution >= 4 is 5.96 Å². The molecule has 1 spiro atoms. The lowest BCUT2D eigenvalue weighted by atomic mass is 9.55. The van der Waals surface area contributed by atoms with E-state index in [9.17, 15) is 30.6 Å². The highest BCUT2D eigenvalue weighted by molar-refractivity contribution is 5.80. The average molecular weight is 319 g/mol. The number of aliphatic hydroxyl groups is 6. The minimum absolute atomic E-state index is 0.250. The Bertz CT molecular complexity index is 561. The highest BCUT2D eigenvalue weighted by Gasteiger charge is 2.82. The number of rotatable bonds is 1. The van der Waals surface area contributed by atoms with Crippen molar-refractivity contribution in [2.75, 3.05) is 6.61 Å². The van der Waals surface area contributed by atoms with Gasteiger partial charge in [0.1, 0.15) is 29.5 Å². The summed E-state index contributed by atoms with van der Waals surface area (Å²) in [6.45, 7) is -0.857. The second-order valence-electron chi connectivity index (χ2n) is 6.22. The van der Waals surface area contributed by atoms with Crippen LogP contribution in [0.15, 0.2) is 4.99 Å². The monoisotopic (exact) mass is 319 g/mol. The van der Waals surface area contributed by atoms with Crippen molar-refractivity contribution in [1.82, 2.24) is 5.32 Å². The lowest BCUT2D eigenvalue weighted by Crippen LogP contribution is -2.95. The predicted molar refractivity (Wildman–Crippen MR) is 65.7 cm³/mol. The Morgan fingerprint density at radius 2 is 1.82 bits per heavy atom. The topological polar surface area (TPSA) is 190 Å². The van der Waals surface area contributed by atoms with E-state index < -0.39 is 60.3 Å². The van der Waals surface area contributed by atoms with Gasteiger partial charge in [0.15, 0.2) is 18.3 Å². The molecule has 11 nitrogen and oxygen atoms in total. The first-order chi connectivity index (χ1) is 10.2. The van der Waals surface area contributed by atoms with Crippen molar-refractivity contribution in [2.45, 2.75) is 47.8 Å². The van der Waals surface area contributed by atoms with Gasteiger partial charge in [-0.2, -0.15) is 0 Å². The summed E-state index contributed by atoms with van der Waals surface area (Å²) in [5.41, 5.74) is 1.74. The van der Waals surface area contributed by atoms with Crippen molar-refractivity contribution in [3.63, 3.8) is 0 Å². The molecule has 4 bridgehead atoms. The lowest BCUT2D eigenvalue weighted by molar-refractivity contribution is -0.548. The van der Waals surface area contributed by atoms with Gasteiger partial charge in [0, 0.05) is 0 Å². The molecule has 1 aliphatic carbocycles. The molecule has 0 radical (unpaired) electrons. The predicted octanol–water partition coefficient (Wildman–Crippen LogP) is -5.52. The molecular weight excluding hydrogens is 302 g/mol. The molecule has 22 heavy (non-hydrogen) atoms. The van der Waals surface area contributed by atoms with Gasteiger partial charge in [-0.25, -0.2) is 4.99 Å². The molecule has 4 fully saturated rings. The van der Waals surface area contributed by atoms with Crippen LogP contribution in [0.1, 0.15) is 0 Å². The third-order valence-corrected chi connectivity index (χ3v) is 5.22. The second-order valence-corrected chi connectivity index (χ2v) is 6.22. The molecule has 0 aromatic rings. The Kier molecular flexibility index (Phi) is 2.57. The zero-order valence-electron chi connectivity index (χ0n) is 11.2. The van der Waals surface area contributed by atoms with Crippen molar-refractivity contribution in [1.29, 1.82) is 0 Å². The van der Waals surface area contributed by atoms with Crippen LogP contribution in [0.2, 0.25) is 0 Å². The van der Waals surface area contributed by atoms with Crippen LogP contribution in [0.25, 0.3) is 0 Å². The summed E-state index contributed by atoms with van der Waals surface area (Å²) in [7, 11) is 0. The van der Waals surface area contributed by atoms with E-state index in [1.165, 1.54) is 0 Å². The van der Waals surface area contributed by atoms with E-state index in [4.69, 9.17) is 15.2 Å². The van der Waals surface area contributed by atoms with Gasteiger partial charge < -0.3 is 51.2 Å². The maximum Gasteiger partial charge on any atom is 0.311 e. The van der Waals surface area contributed by atoms with Gasteiger partial charge in [-0.15, -0.1) is 0 Å². The summed E-state index contributed by atoms with van der Waals surface area (Å²) >= 11 is 0. The van der Waals surface area contributed by atoms with Crippen LogP contribution in [0, 0.1) is 5.92 Å². The fourth-order valence-electron chi connectivity index (χ4n) is 4.24. The van der Waals surface area contributed by atoms with E-state index >= 15 is 0 Å². The second kappa shape index (κ2) is 3.88. The largest absolute Gasteiger partial charge is 0.393 e.